The van der Waals surface area contributed by atoms with E-state index in [2.05, 4.69) is 32.4 Å². The quantitative estimate of drug-likeness (QED) is 0.749. The maximum atomic E-state index is 5.69. The van der Waals surface area contributed by atoms with Crippen LogP contribution in [-0.2, 0) is 0 Å². The van der Waals surface area contributed by atoms with Crippen molar-refractivity contribution >= 4 is 22.8 Å². The molecule has 1 fully saturated rings. The van der Waals surface area contributed by atoms with E-state index < -0.39 is 0 Å². The molecule has 18 heavy (non-hydrogen) atoms. The van der Waals surface area contributed by atoms with Gasteiger partial charge in [-0.15, -0.1) is 0 Å². The number of nitrogens with two attached hydrogens (primary N) is 1. The monoisotopic (exact) mass is 246 g/mol. The summed E-state index contributed by atoms with van der Waals surface area (Å²) < 4.78 is 0. The molecule has 1 aliphatic carbocycles. The van der Waals surface area contributed by atoms with Crippen molar-refractivity contribution in [3.63, 3.8) is 0 Å². The van der Waals surface area contributed by atoms with Gasteiger partial charge in [0.1, 0.15) is 5.82 Å². The number of rotatable bonds is 5. The van der Waals surface area contributed by atoms with Gasteiger partial charge in [-0.3, -0.25) is 5.10 Å². The van der Waals surface area contributed by atoms with Crippen LogP contribution in [0.25, 0.3) is 11.0 Å². The Morgan fingerprint density at radius 2 is 2.28 bits per heavy atom. The summed E-state index contributed by atoms with van der Waals surface area (Å²) in [4.78, 5) is 8.36. The molecule has 6 nitrogen and oxygen atoms in total. The first-order valence-electron chi connectivity index (χ1n) is 6.43. The van der Waals surface area contributed by atoms with Gasteiger partial charge in [0, 0.05) is 6.54 Å². The minimum atomic E-state index is 0.273. The molecular weight excluding hydrogens is 228 g/mol. The third kappa shape index (κ3) is 1.98. The van der Waals surface area contributed by atoms with E-state index in [0.29, 0.717) is 11.1 Å². The molecule has 0 spiro atoms. The summed E-state index contributed by atoms with van der Waals surface area (Å²) in [6, 6.07) is 0. The lowest BCUT2D eigenvalue weighted by atomic mass is 10.0. The van der Waals surface area contributed by atoms with Crippen molar-refractivity contribution in [3.8, 4) is 0 Å². The Kier molecular flexibility index (Phi) is 2.57. The number of nitrogen functional groups attached to an aromatic ring is 1. The fourth-order valence-corrected chi connectivity index (χ4v) is 2.48. The minimum absolute atomic E-state index is 0.273. The normalized spacial score (nSPS) is 16.9. The highest BCUT2D eigenvalue weighted by Crippen LogP contribution is 2.49. The minimum Gasteiger partial charge on any atom is -0.369 e. The second-order valence-electron chi connectivity index (χ2n) is 5.17. The summed E-state index contributed by atoms with van der Waals surface area (Å²) in [5.74, 6) is 1.06. The van der Waals surface area contributed by atoms with Gasteiger partial charge in [0.25, 0.3) is 0 Å². The molecule has 96 valence electrons. The molecule has 1 aliphatic rings. The number of anilines is 2. The van der Waals surface area contributed by atoms with Gasteiger partial charge < -0.3 is 11.1 Å². The van der Waals surface area contributed by atoms with Crippen molar-refractivity contribution in [1.29, 1.82) is 0 Å². The standard InChI is InChI=1S/C12H18N6/c1-2-3-12(4-5-12)7-14-9-8-6-15-18-10(8)17-11(13)16-9/h6H,2-5,7H2,1H3,(H4,13,14,15,16,17,18). The first kappa shape index (κ1) is 11.3. The first-order valence-corrected chi connectivity index (χ1v) is 6.43. The van der Waals surface area contributed by atoms with E-state index in [1.807, 2.05) is 0 Å². The van der Waals surface area contributed by atoms with Crippen LogP contribution in [0.3, 0.4) is 0 Å². The van der Waals surface area contributed by atoms with Crippen LogP contribution in [0.4, 0.5) is 11.8 Å². The topological polar surface area (TPSA) is 92.5 Å². The van der Waals surface area contributed by atoms with Gasteiger partial charge in [0.05, 0.1) is 11.6 Å². The molecule has 0 unspecified atom stereocenters. The Labute approximate surface area is 105 Å². The molecule has 0 bridgehead atoms. The number of hydrogen-bond donors (Lipinski definition) is 3. The van der Waals surface area contributed by atoms with Gasteiger partial charge in [-0.2, -0.15) is 15.1 Å². The zero-order valence-electron chi connectivity index (χ0n) is 10.5. The van der Waals surface area contributed by atoms with Crippen LogP contribution in [0.1, 0.15) is 32.6 Å². The van der Waals surface area contributed by atoms with Gasteiger partial charge in [-0.05, 0) is 24.7 Å². The number of H-pyrrole nitrogens is 1. The Bertz CT molecular complexity index is 557. The molecule has 2 aromatic rings. The second kappa shape index (κ2) is 4.12. The van der Waals surface area contributed by atoms with Crippen molar-refractivity contribution in [1.82, 2.24) is 20.2 Å². The van der Waals surface area contributed by atoms with Crippen LogP contribution in [0.15, 0.2) is 6.20 Å². The number of nitrogens with one attached hydrogen (secondary N) is 2. The summed E-state index contributed by atoms with van der Waals surface area (Å²) in [6.45, 7) is 3.19. The van der Waals surface area contributed by atoms with Crippen LogP contribution in [-0.4, -0.2) is 26.7 Å². The highest BCUT2D eigenvalue weighted by molar-refractivity contribution is 5.86. The molecule has 2 heterocycles. The predicted octanol–water partition coefficient (Wildman–Crippen LogP) is 1.93. The maximum absolute atomic E-state index is 5.69. The Hall–Kier alpha value is -1.85. The molecule has 0 atom stereocenters. The van der Waals surface area contributed by atoms with Crippen LogP contribution >= 0.6 is 0 Å². The molecule has 0 aromatic carbocycles. The van der Waals surface area contributed by atoms with Crippen molar-refractivity contribution in [2.24, 2.45) is 5.41 Å². The van der Waals surface area contributed by atoms with Gasteiger partial charge >= 0.3 is 0 Å². The molecule has 0 saturated heterocycles. The van der Waals surface area contributed by atoms with Gasteiger partial charge in [0.2, 0.25) is 5.95 Å². The van der Waals surface area contributed by atoms with E-state index in [4.69, 9.17) is 5.73 Å². The largest absolute Gasteiger partial charge is 0.369 e. The van der Waals surface area contributed by atoms with E-state index in [1.54, 1.807) is 6.20 Å². The van der Waals surface area contributed by atoms with Gasteiger partial charge in [-0.1, -0.05) is 13.3 Å². The lowest BCUT2D eigenvalue weighted by Crippen LogP contribution is -2.16. The summed E-state index contributed by atoms with van der Waals surface area (Å²) in [5, 5.41) is 11.1. The van der Waals surface area contributed by atoms with E-state index >= 15 is 0 Å². The number of fused-ring (bicyclic) bond motifs is 1. The summed E-state index contributed by atoms with van der Waals surface area (Å²) in [6.07, 6.45) is 6.85. The third-order valence-electron chi connectivity index (χ3n) is 3.70. The van der Waals surface area contributed by atoms with Crippen LogP contribution < -0.4 is 11.1 Å². The number of hydrogen-bond acceptors (Lipinski definition) is 5. The first-order chi connectivity index (χ1) is 8.72. The predicted molar refractivity (Wildman–Crippen MR) is 71.2 cm³/mol. The van der Waals surface area contributed by atoms with Crippen molar-refractivity contribution in [2.75, 3.05) is 17.6 Å². The number of aromatic nitrogens is 4. The lowest BCUT2D eigenvalue weighted by Gasteiger charge is -2.15. The second-order valence-corrected chi connectivity index (χ2v) is 5.17. The van der Waals surface area contributed by atoms with E-state index in [1.165, 1.54) is 25.7 Å². The van der Waals surface area contributed by atoms with E-state index in [9.17, 15) is 0 Å². The summed E-state index contributed by atoms with van der Waals surface area (Å²) in [7, 11) is 0. The fourth-order valence-electron chi connectivity index (χ4n) is 2.48. The van der Waals surface area contributed by atoms with Crippen molar-refractivity contribution in [2.45, 2.75) is 32.6 Å². The highest BCUT2D eigenvalue weighted by atomic mass is 15.2. The van der Waals surface area contributed by atoms with Crippen LogP contribution in [0.5, 0.6) is 0 Å². The fraction of sp³-hybridized carbons (Fsp3) is 0.583. The van der Waals surface area contributed by atoms with Crippen LogP contribution in [0.2, 0.25) is 0 Å². The van der Waals surface area contributed by atoms with Crippen LogP contribution in [0, 0.1) is 5.41 Å². The molecule has 0 amide bonds. The average Bonchev–Trinajstić information content (AvgIpc) is 2.94. The molecule has 3 rings (SSSR count). The molecule has 0 aliphatic heterocycles. The molecule has 4 N–H and O–H groups in total. The van der Waals surface area contributed by atoms with Crippen molar-refractivity contribution < 1.29 is 0 Å². The van der Waals surface area contributed by atoms with Gasteiger partial charge in [0.15, 0.2) is 5.65 Å². The smallest absolute Gasteiger partial charge is 0.224 e. The molecule has 1 saturated carbocycles. The van der Waals surface area contributed by atoms with Gasteiger partial charge in [-0.25, -0.2) is 0 Å². The number of aromatic amines is 1. The summed E-state index contributed by atoms with van der Waals surface area (Å²) >= 11 is 0. The Balaban J connectivity index is 1.80. The summed E-state index contributed by atoms with van der Waals surface area (Å²) in [5.41, 5.74) is 6.85. The average molecular weight is 246 g/mol. The van der Waals surface area contributed by atoms with Crippen molar-refractivity contribution in [3.05, 3.63) is 6.20 Å². The third-order valence-corrected chi connectivity index (χ3v) is 3.70. The maximum Gasteiger partial charge on any atom is 0.224 e. The zero-order valence-corrected chi connectivity index (χ0v) is 10.5. The zero-order chi connectivity index (χ0) is 12.6. The highest BCUT2D eigenvalue weighted by Gasteiger charge is 2.41. The molecule has 6 heteroatoms. The molecular formula is C12H18N6. The Morgan fingerprint density at radius 3 is 3.00 bits per heavy atom. The lowest BCUT2D eigenvalue weighted by molar-refractivity contribution is 0.485. The van der Waals surface area contributed by atoms with E-state index in [0.717, 1.165) is 17.7 Å². The molecule has 0 radical (unpaired) electrons. The van der Waals surface area contributed by atoms with E-state index in [-0.39, 0.29) is 5.95 Å². The SMILES string of the molecule is CCCC1(CNc2nc(N)nc3[nH]ncc23)CC1. The molecule has 2 aromatic heterocycles. The number of nitrogens with zero attached hydrogens (tertiary/aromatic N) is 3. The Morgan fingerprint density at radius 1 is 1.44 bits per heavy atom.